The first kappa shape index (κ1) is 19.4. The van der Waals surface area contributed by atoms with E-state index in [1.807, 2.05) is 31.2 Å². The van der Waals surface area contributed by atoms with Crippen molar-refractivity contribution in [1.29, 1.82) is 0 Å². The van der Waals surface area contributed by atoms with Crippen LogP contribution in [-0.2, 0) is 13.6 Å². The summed E-state index contributed by atoms with van der Waals surface area (Å²) >= 11 is 0. The number of aliphatic hydroxyl groups is 1. The van der Waals surface area contributed by atoms with Crippen LogP contribution >= 0.6 is 0 Å². The summed E-state index contributed by atoms with van der Waals surface area (Å²) < 4.78 is 8.49. The minimum absolute atomic E-state index is 0.0368. The fourth-order valence-electron chi connectivity index (χ4n) is 2.88. The lowest BCUT2D eigenvalue weighted by Gasteiger charge is -2.16. The minimum Gasteiger partial charge on any atom is -0.491 e. The molecule has 9 heteroatoms. The van der Waals surface area contributed by atoms with Crippen molar-refractivity contribution in [3.63, 3.8) is 0 Å². The predicted octanol–water partition coefficient (Wildman–Crippen LogP) is 0.770. The average molecular weight is 385 g/mol. The van der Waals surface area contributed by atoms with Crippen LogP contribution in [0.5, 0.6) is 5.75 Å². The van der Waals surface area contributed by atoms with Gasteiger partial charge in [0, 0.05) is 13.6 Å². The standard InChI is InChI=1S/C19H23N5O4/c1-4-9-20-18-21-16-15(17(26)22-19(27)23(16)3)24(18)10-13(25)11-28-14-8-6-5-7-12(14)2/h4-8,13,25H,1,9-11H2,2-3H3,(H,20,21)(H,22,26,27)/t13-/m0/s1. The maximum atomic E-state index is 12.4. The smallest absolute Gasteiger partial charge is 0.329 e. The van der Waals surface area contributed by atoms with Crippen molar-refractivity contribution in [3.8, 4) is 5.75 Å². The average Bonchev–Trinajstić information content (AvgIpc) is 3.02. The van der Waals surface area contributed by atoms with Gasteiger partial charge in [0.25, 0.3) is 5.56 Å². The second kappa shape index (κ2) is 8.13. The van der Waals surface area contributed by atoms with Gasteiger partial charge in [-0.15, -0.1) is 6.58 Å². The number of fused-ring (bicyclic) bond motifs is 1. The van der Waals surface area contributed by atoms with Gasteiger partial charge in [0.2, 0.25) is 5.95 Å². The van der Waals surface area contributed by atoms with Crippen LogP contribution in [-0.4, -0.2) is 43.5 Å². The molecule has 148 valence electrons. The molecule has 1 atom stereocenters. The number of hydrogen-bond donors (Lipinski definition) is 3. The summed E-state index contributed by atoms with van der Waals surface area (Å²) in [7, 11) is 1.52. The highest BCUT2D eigenvalue weighted by atomic mass is 16.5. The number of aromatic amines is 1. The molecule has 0 spiro atoms. The molecule has 0 aliphatic rings. The van der Waals surface area contributed by atoms with Gasteiger partial charge in [-0.3, -0.25) is 14.3 Å². The van der Waals surface area contributed by atoms with Crippen LogP contribution in [0, 0.1) is 6.92 Å². The molecule has 28 heavy (non-hydrogen) atoms. The Morgan fingerprint density at radius 1 is 1.39 bits per heavy atom. The Morgan fingerprint density at radius 3 is 2.86 bits per heavy atom. The molecule has 9 nitrogen and oxygen atoms in total. The first-order valence-electron chi connectivity index (χ1n) is 8.83. The van der Waals surface area contributed by atoms with Gasteiger partial charge in [0.05, 0.1) is 6.54 Å². The van der Waals surface area contributed by atoms with E-state index in [1.165, 1.54) is 11.6 Å². The SMILES string of the molecule is C=CCNc1nc2c(c(=O)[nH]c(=O)n2C)n1C[C@H](O)COc1ccccc1C. The molecule has 0 saturated carbocycles. The summed E-state index contributed by atoms with van der Waals surface area (Å²) in [5, 5.41) is 13.5. The Bertz CT molecular complexity index is 1110. The zero-order chi connectivity index (χ0) is 20.3. The maximum absolute atomic E-state index is 12.4. The normalized spacial score (nSPS) is 12.1. The number of para-hydroxylation sites is 1. The molecule has 0 saturated heterocycles. The number of H-pyrrole nitrogens is 1. The number of hydrogen-bond acceptors (Lipinski definition) is 6. The number of anilines is 1. The fraction of sp³-hybridized carbons (Fsp3) is 0.316. The Morgan fingerprint density at radius 2 is 2.14 bits per heavy atom. The summed E-state index contributed by atoms with van der Waals surface area (Å²) in [6, 6.07) is 7.51. The predicted molar refractivity (Wildman–Crippen MR) is 107 cm³/mol. The van der Waals surface area contributed by atoms with Gasteiger partial charge in [-0.2, -0.15) is 4.98 Å². The molecular weight excluding hydrogens is 362 g/mol. The van der Waals surface area contributed by atoms with E-state index in [4.69, 9.17) is 4.74 Å². The Labute approximate surface area is 160 Å². The third-order valence-electron chi connectivity index (χ3n) is 4.33. The van der Waals surface area contributed by atoms with E-state index in [2.05, 4.69) is 21.9 Å². The number of benzene rings is 1. The van der Waals surface area contributed by atoms with Gasteiger partial charge in [0.1, 0.15) is 18.5 Å². The minimum atomic E-state index is -0.905. The number of imidazole rings is 1. The van der Waals surface area contributed by atoms with Gasteiger partial charge in [-0.05, 0) is 18.6 Å². The van der Waals surface area contributed by atoms with E-state index in [1.54, 1.807) is 10.6 Å². The van der Waals surface area contributed by atoms with Crippen LogP contribution in [0.1, 0.15) is 5.56 Å². The molecule has 0 bridgehead atoms. The molecule has 1 aromatic carbocycles. The Kier molecular flexibility index (Phi) is 5.65. The van der Waals surface area contributed by atoms with Crippen molar-refractivity contribution >= 4 is 17.1 Å². The Hall–Kier alpha value is -3.33. The largest absolute Gasteiger partial charge is 0.491 e. The highest BCUT2D eigenvalue weighted by Crippen LogP contribution is 2.18. The van der Waals surface area contributed by atoms with Gasteiger partial charge >= 0.3 is 5.69 Å². The quantitative estimate of drug-likeness (QED) is 0.494. The maximum Gasteiger partial charge on any atom is 0.329 e. The number of aryl methyl sites for hydroxylation is 2. The molecule has 0 amide bonds. The van der Waals surface area contributed by atoms with E-state index in [0.29, 0.717) is 18.2 Å². The Balaban J connectivity index is 1.91. The topological polar surface area (TPSA) is 114 Å². The first-order valence-corrected chi connectivity index (χ1v) is 8.83. The van der Waals surface area contributed by atoms with Crippen molar-refractivity contribution in [2.75, 3.05) is 18.5 Å². The molecule has 0 radical (unpaired) electrons. The van der Waals surface area contributed by atoms with Gasteiger partial charge in [-0.25, -0.2) is 4.79 Å². The molecule has 0 fully saturated rings. The molecule has 3 aromatic rings. The molecule has 2 heterocycles. The summed E-state index contributed by atoms with van der Waals surface area (Å²) in [6.45, 7) is 6.07. The van der Waals surface area contributed by atoms with E-state index in [0.717, 1.165) is 5.56 Å². The van der Waals surface area contributed by atoms with Crippen molar-refractivity contribution in [3.05, 3.63) is 63.3 Å². The lowest BCUT2D eigenvalue weighted by atomic mass is 10.2. The number of ether oxygens (including phenoxy) is 1. The van der Waals surface area contributed by atoms with E-state index >= 15 is 0 Å². The van der Waals surface area contributed by atoms with Crippen molar-refractivity contribution in [2.24, 2.45) is 7.05 Å². The third kappa shape index (κ3) is 3.84. The van der Waals surface area contributed by atoms with Crippen LogP contribution in [0.2, 0.25) is 0 Å². The van der Waals surface area contributed by atoms with Crippen LogP contribution in [0.15, 0.2) is 46.5 Å². The number of rotatable bonds is 8. The lowest BCUT2D eigenvalue weighted by molar-refractivity contribution is 0.0935. The van der Waals surface area contributed by atoms with E-state index in [-0.39, 0.29) is 24.3 Å². The molecular formula is C19H23N5O4. The van der Waals surface area contributed by atoms with Crippen molar-refractivity contribution in [1.82, 2.24) is 19.1 Å². The third-order valence-corrected chi connectivity index (χ3v) is 4.33. The molecule has 3 rings (SSSR count). The fourth-order valence-corrected chi connectivity index (χ4v) is 2.88. The number of nitrogens with zero attached hydrogens (tertiary/aromatic N) is 3. The second-order valence-electron chi connectivity index (χ2n) is 6.44. The summed E-state index contributed by atoms with van der Waals surface area (Å²) in [5.41, 5.74) is 0.267. The van der Waals surface area contributed by atoms with Gasteiger partial charge < -0.3 is 19.7 Å². The highest BCUT2D eigenvalue weighted by molar-refractivity contribution is 5.74. The zero-order valence-electron chi connectivity index (χ0n) is 15.8. The summed E-state index contributed by atoms with van der Waals surface area (Å²) in [6.07, 6.45) is 0.739. The van der Waals surface area contributed by atoms with Crippen LogP contribution in [0.4, 0.5) is 5.95 Å². The monoisotopic (exact) mass is 385 g/mol. The summed E-state index contributed by atoms with van der Waals surface area (Å²) in [5.74, 6) is 1.04. The molecule has 3 N–H and O–H groups in total. The summed E-state index contributed by atoms with van der Waals surface area (Å²) in [4.78, 5) is 30.8. The molecule has 0 aliphatic carbocycles. The number of aromatic nitrogens is 4. The van der Waals surface area contributed by atoms with E-state index in [9.17, 15) is 14.7 Å². The molecule has 0 unspecified atom stereocenters. The van der Waals surface area contributed by atoms with Gasteiger partial charge in [-0.1, -0.05) is 24.3 Å². The molecule has 2 aromatic heterocycles. The van der Waals surface area contributed by atoms with Crippen molar-refractivity contribution < 1.29 is 9.84 Å². The van der Waals surface area contributed by atoms with Crippen LogP contribution < -0.4 is 21.3 Å². The zero-order valence-corrected chi connectivity index (χ0v) is 15.8. The second-order valence-corrected chi connectivity index (χ2v) is 6.44. The van der Waals surface area contributed by atoms with E-state index < -0.39 is 17.4 Å². The lowest BCUT2D eigenvalue weighted by Crippen LogP contribution is -2.31. The van der Waals surface area contributed by atoms with Gasteiger partial charge in [0.15, 0.2) is 11.2 Å². The van der Waals surface area contributed by atoms with Crippen molar-refractivity contribution in [2.45, 2.75) is 19.6 Å². The van der Waals surface area contributed by atoms with Crippen LogP contribution in [0.25, 0.3) is 11.2 Å². The van der Waals surface area contributed by atoms with Crippen LogP contribution in [0.3, 0.4) is 0 Å². The number of aliphatic hydroxyl groups excluding tert-OH is 1. The first-order chi connectivity index (χ1) is 13.4. The highest BCUT2D eigenvalue weighted by Gasteiger charge is 2.19. The molecule has 0 aliphatic heterocycles. The number of nitrogens with one attached hydrogen (secondary N) is 2.